The number of ketones is 1. The van der Waals surface area contributed by atoms with Gasteiger partial charge < -0.3 is 9.84 Å². The molecule has 1 rings (SSSR count). The van der Waals surface area contributed by atoms with Crippen molar-refractivity contribution in [3.63, 3.8) is 0 Å². The van der Waals surface area contributed by atoms with E-state index in [9.17, 15) is 9.90 Å². The number of benzene rings is 1. The number of Topliss-reactive ketones (excluding diaryl/α,β-unsaturated/α-hetero) is 1. The minimum atomic E-state index is -0.212. The van der Waals surface area contributed by atoms with Gasteiger partial charge in [-0.25, -0.2) is 0 Å². The van der Waals surface area contributed by atoms with E-state index in [4.69, 9.17) is 16.3 Å². The molecule has 1 aromatic carbocycles. The van der Waals surface area contributed by atoms with E-state index in [1.54, 1.807) is 0 Å². The molecule has 0 radical (unpaired) electrons. The number of phenols is 1. The van der Waals surface area contributed by atoms with Crippen LogP contribution in [0.4, 0.5) is 0 Å². The third-order valence-corrected chi connectivity index (χ3v) is 2.47. The average Bonchev–Trinajstić information content (AvgIpc) is 2.18. The Labute approximate surface area is 100.0 Å². The van der Waals surface area contributed by atoms with Crippen LogP contribution in [0.5, 0.6) is 5.75 Å². The van der Waals surface area contributed by atoms with Crippen LogP contribution >= 0.6 is 11.6 Å². The molecule has 0 unspecified atom stereocenters. The summed E-state index contributed by atoms with van der Waals surface area (Å²) in [6.07, 6.45) is 0.0886. The monoisotopic (exact) mass is 242 g/mol. The van der Waals surface area contributed by atoms with Crippen molar-refractivity contribution in [2.45, 2.75) is 33.5 Å². The number of hydrogen-bond donors (Lipinski definition) is 1. The third-order valence-electron chi connectivity index (χ3n) is 2.12. The Bertz CT molecular complexity index is 399. The van der Waals surface area contributed by atoms with Gasteiger partial charge in [-0.2, -0.15) is 0 Å². The van der Waals surface area contributed by atoms with Gasteiger partial charge >= 0.3 is 0 Å². The quantitative estimate of drug-likeness (QED) is 0.825. The van der Waals surface area contributed by atoms with Crippen LogP contribution in [0.15, 0.2) is 12.1 Å². The highest BCUT2D eigenvalue weighted by atomic mass is 35.5. The molecule has 0 aliphatic rings. The minimum absolute atomic E-state index is 0.0562. The van der Waals surface area contributed by atoms with Crippen LogP contribution in [-0.2, 0) is 11.3 Å². The van der Waals surface area contributed by atoms with Crippen molar-refractivity contribution >= 4 is 17.4 Å². The van der Waals surface area contributed by atoms with E-state index >= 15 is 0 Å². The van der Waals surface area contributed by atoms with Crippen LogP contribution in [0.25, 0.3) is 0 Å². The highest BCUT2D eigenvalue weighted by Crippen LogP contribution is 2.27. The zero-order valence-electron chi connectivity index (χ0n) is 9.58. The highest BCUT2D eigenvalue weighted by Gasteiger charge is 2.11. The van der Waals surface area contributed by atoms with Gasteiger partial charge in [0.05, 0.1) is 18.3 Å². The first kappa shape index (κ1) is 13.0. The molecule has 0 aromatic heterocycles. The second kappa shape index (κ2) is 5.32. The minimum Gasteiger partial charge on any atom is -0.507 e. The van der Waals surface area contributed by atoms with Gasteiger partial charge in [0, 0.05) is 10.6 Å². The first-order valence-electron chi connectivity index (χ1n) is 5.05. The normalized spacial score (nSPS) is 10.8. The number of aromatic hydroxyl groups is 1. The zero-order valence-corrected chi connectivity index (χ0v) is 10.3. The third kappa shape index (κ3) is 3.22. The molecule has 0 atom stereocenters. The summed E-state index contributed by atoms with van der Waals surface area (Å²) in [6.45, 7) is 5.54. The molecule has 3 nitrogen and oxygen atoms in total. The van der Waals surface area contributed by atoms with Gasteiger partial charge in [0.15, 0.2) is 5.78 Å². The lowest BCUT2D eigenvalue weighted by molar-refractivity contribution is 0.0656. The van der Waals surface area contributed by atoms with Crippen LogP contribution in [0.3, 0.4) is 0 Å². The molecule has 88 valence electrons. The summed E-state index contributed by atoms with van der Waals surface area (Å²) in [5, 5.41) is 10.1. The molecule has 0 bridgehead atoms. The Morgan fingerprint density at radius 3 is 2.62 bits per heavy atom. The summed E-state index contributed by atoms with van der Waals surface area (Å²) in [6, 6.07) is 2.94. The van der Waals surface area contributed by atoms with Crippen LogP contribution in [0.2, 0.25) is 5.02 Å². The molecule has 0 amide bonds. The van der Waals surface area contributed by atoms with Crippen molar-refractivity contribution in [1.82, 2.24) is 0 Å². The van der Waals surface area contributed by atoms with Gasteiger partial charge in [-0.3, -0.25) is 4.79 Å². The van der Waals surface area contributed by atoms with E-state index in [-0.39, 0.29) is 23.2 Å². The van der Waals surface area contributed by atoms with Crippen molar-refractivity contribution < 1.29 is 14.6 Å². The van der Waals surface area contributed by atoms with Crippen LogP contribution in [0, 0.1) is 0 Å². The number of phenolic OH excluding ortho intramolecular Hbond substituents is 1. The molecule has 0 spiro atoms. The number of rotatable bonds is 4. The number of halogens is 1. The lowest BCUT2D eigenvalue weighted by Gasteiger charge is -2.10. The molecule has 1 N–H and O–H groups in total. The van der Waals surface area contributed by atoms with E-state index in [0.29, 0.717) is 17.2 Å². The summed E-state index contributed by atoms with van der Waals surface area (Å²) in [4.78, 5) is 11.1. The fourth-order valence-electron chi connectivity index (χ4n) is 1.25. The van der Waals surface area contributed by atoms with Gasteiger partial charge in [-0.1, -0.05) is 11.6 Å². The van der Waals surface area contributed by atoms with Crippen molar-refractivity contribution in [1.29, 1.82) is 0 Å². The van der Waals surface area contributed by atoms with E-state index in [1.165, 1.54) is 19.1 Å². The summed E-state index contributed by atoms with van der Waals surface area (Å²) in [5.41, 5.74) is 0.913. The van der Waals surface area contributed by atoms with Crippen molar-refractivity contribution in [3.8, 4) is 5.75 Å². The Morgan fingerprint density at radius 2 is 2.12 bits per heavy atom. The fraction of sp³-hybridized carbons (Fsp3) is 0.417. The van der Waals surface area contributed by atoms with E-state index in [0.717, 1.165) is 0 Å². The molecular weight excluding hydrogens is 228 g/mol. The van der Waals surface area contributed by atoms with E-state index in [2.05, 4.69) is 0 Å². The first-order chi connectivity index (χ1) is 7.41. The zero-order chi connectivity index (χ0) is 12.3. The largest absolute Gasteiger partial charge is 0.507 e. The molecule has 0 aliphatic carbocycles. The van der Waals surface area contributed by atoms with Crippen LogP contribution < -0.4 is 0 Å². The predicted octanol–water partition coefficient (Wildman–Crippen LogP) is 3.17. The van der Waals surface area contributed by atoms with Gasteiger partial charge in [0.1, 0.15) is 5.75 Å². The summed E-state index contributed by atoms with van der Waals surface area (Å²) >= 11 is 5.99. The predicted molar refractivity (Wildman–Crippen MR) is 63.0 cm³/mol. The molecule has 0 saturated carbocycles. The first-order valence-corrected chi connectivity index (χ1v) is 5.43. The molecule has 0 fully saturated rings. The maximum atomic E-state index is 11.1. The second-order valence-corrected chi connectivity index (χ2v) is 4.28. The molecule has 4 heteroatoms. The van der Waals surface area contributed by atoms with Gasteiger partial charge in [0.25, 0.3) is 0 Å². The van der Waals surface area contributed by atoms with Crippen LogP contribution in [-0.4, -0.2) is 17.0 Å². The number of hydrogen-bond acceptors (Lipinski definition) is 3. The fourth-order valence-corrected chi connectivity index (χ4v) is 1.47. The van der Waals surface area contributed by atoms with E-state index in [1.807, 2.05) is 13.8 Å². The molecule has 16 heavy (non-hydrogen) atoms. The Balaban J connectivity index is 2.96. The average molecular weight is 243 g/mol. The maximum Gasteiger partial charge on any atom is 0.163 e. The molecule has 0 heterocycles. The van der Waals surface area contributed by atoms with Crippen molar-refractivity contribution in [3.05, 3.63) is 28.3 Å². The smallest absolute Gasteiger partial charge is 0.163 e. The Hall–Kier alpha value is -1.06. The van der Waals surface area contributed by atoms with Gasteiger partial charge in [-0.15, -0.1) is 0 Å². The molecule has 0 saturated heterocycles. The van der Waals surface area contributed by atoms with Gasteiger partial charge in [0.2, 0.25) is 0 Å². The van der Waals surface area contributed by atoms with Crippen LogP contribution in [0.1, 0.15) is 36.7 Å². The van der Waals surface area contributed by atoms with Gasteiger partial charge in [-0.05, 0) is 32.9 Å². The summed E-state index contributed by atoms with van der Waals surface area (Å²) < 4.78 is 5.38. The maximum absolute atomic E-state index is 11.1. The van der Waals surface area contributed by atoms with Crippen molar-refractivity contribution in [2.24, 2.45) is 0 Å². The number of carbonyl (C=O) groups is 1. The topological polar surface area (TPSA) is 46.5 Å². The highest BCUT2D eigenvalue weighted by molar-refractivity contribution is 6.31. The Kier molecular flexibility index (Phi) is 4.33. The number of ether oxygens (including phenoxy) is 1. The summed E-state index contributed by atoms with van der Waals surface area (Å²) in [5.74, 6) is -0.269. The molecule has 1 aromatic rings. The summed E-state index contributed by atoms with van der Waals surface area (Å²) in [7, 11) is 0. The molecular formula is C12H15ClO3. The molecule has 0 aliphatic heterocycles. The standard InChI is InChI=1S/C12H15ClO3/c1-7(2)16-6-9-4-12(15)10(8(3)14)5-11(9)13/h4-5,7,15H,6H2,1-3H3. The SMILES string of the molecule is CC(=O)c1cc(Cl)c(COC(C)C)cc1O. The number of carbonyl (C=O) groups excluding carboxylic acids is 1. The lowest BCUT2D eigenvalue weighted by atomic mass is 10.1. The van der Waals surface area contributed by atoms with E-state index < -0.39 is 0 Å². The lowest BCUT2D eigenvalue weighted by Crippen LogP contribution is -2.03. The van der Waals surface area contributed by atoms with Crippen molar-refractivity contribution in [2.75, 3.05) is 0 Å². The second-order valence-electron chi connectivity index (χ2n) is 3.88. The Morgan fingerprint density at radius 1 is 1.50 bits per heavy atom.